The Bertz CT molecular complexity index is 913. The molecule has 0 aliphatic carbocycles. The number of nitrogens with zero attached hydrogens (tertiary/aromatic N) is 3. The highest BCUT2D eigenvalue weighted by Crippen LogP contribution is 2.32. The number of carbonyl (C=O) groups excluding carboxylic acids is 3. The Morgan fingerprint density at radius 2 is 1.91 bits per heavy atom. The SMILES string of the molecule is CCOC(=O)C1=C(CN2CCCN(C(=O)CC)CC2)N(CC)C(=O)NC1c1cccc(C)c1. The number of benzene rings is 1. The van der Waals surface area contributed by atoms with Gasteiger partial charge in [-0.3, -0.25) is 14.6 Å². The first-order chi connectivity index (χ1) is 15.9. The first kappa shape index (κ1) is 24.8. The molecule has 0 radical (unpaired) electrons. The lowest BCUT2D eigenvalue weighted by molar-refractivity contribution is -0.139. The zero-order valence-corrected chi connectivity index (χ0v) is 20.2. The number of hydrogen-bond acceptors (Lipinski definition) is 5. The Kier molecular flexibility index (Phi) is 8.49. The van der Waals surface area contributed by atoms with Gasteiger partial charge in [0.1, 0.15) is 0 Å². The third kappa shape index (κ3) is 5.74. The van der Waals surface area contributed by atoms with E-state index in [0.29, 0.717) is 43.9 Å². The van der Waals surface area contributed by atoms with E-state index in [-0.39, 0.29) is 18.5 Å². The van der Waals surface area contributed by atoms with Crippen molar-refractivity contribution in [2.75, 3.05) is 45.9 Å². The fourth-order valence-corrected chi connectivity index (χ4v) is 4.57. The average Bonchev–Trinajstić information content (AvgIpc) is 3.04. The van der Waals surface area contributed by atoms with Crippen molar-refractivity contribution in [3.05, 3.63) is 46.7 Å². The molecule has 0 bridgehead atoms. The highest BCUT2D eigenvalue weighted by atomic mass is 16.5. The second kappa shape index (κ2) is 11.3. The molecule has 8 nitrogen and oxygen atoms in total. The first-order valence-corrected chi connectivity index (χ1v) is 11.9. The summed E-state index contributed by atoms with van der Waals surface area (Å²) in [7, 11) is 0. The molecule has 1 aromatic carbocycles. The molecule has 0 aromatic heterocycles. The van der Waals surface area contributed by atoms with Crippen molar-refractivity contribution in [2.45, 2.75) is 46.6 Å². The minimum atomic E-state index is -0.570. The van der Waals surface area contributed by atoms with Gasteiger partial charge in [-0.15, -0.1) is 0 Å². The van der Waals surface area contributed by atoms with Crippen molar-refractivity contribution in [3.8, 4) is 0 Å². The van der Waals surface area contributed by atoms with Crippen LogP contribution in [0.1, 0.15) is 50.8 Å². The van der Waals surface area contributed by atoms with E-state index in [2.05, 4.69) is 10.2 Å². The van der Waals surface area contributed by atoms with Crippen LogP contribution in [0, 0.1) is 6.92 Å². The molecular formula is C25H36N4O4. The number of carbonyl (C=O) groups is 3. The Morgan fingerprint density at radius 3 is 2.58 bits per heavy atom. The topological polar surface area (TPSA) is 82.2 Å². The van der Waals surface area contributed by atoms with Crippen LogP contribution >= 0.6 is 0 Å². The quantitative estimate of drug-likeness (QED) is 0.638. The smallest absolute Gasteiger partial charge is 0.338 e. The molecule has 1 atom stereocenters. The molecule has 0 saturated carbocycles. The summed E-state index contributed by atoms with van der Waals surface area (Å²) in [5.74, 6) is -0.245. The zero-order chi connectivity index (χ0) is 24.0. The maximum absolute atomic E-state index is 13.2. The molecule has 180 valence electrons. The van der Waals surface area contributed by atoms with Gasteiger partial charge in [-0.25, -0.2) is 9.59 Å². The normalized spacial score (nSPS) is 19.9. The lowest BCUT2D eigenvalue weighted by Crippen LogP contribution is -2.51. The van der Waals surface area contributed by atoms with Crippen LogP contribution in [0.2, 0.25) is 0 Å². The predicted molar refractivity (Wildman–Crippen MR) is 126 cm³/mol. The number of likely N-dealkylation sites (N-methyl/N-ethyl adjacent to an activating group) is 1. The lowest BCUT2D eigenvalue weighted by atomic mass is 9.93. The molecular weight excluding hydrogens is 420 g/mol. The summed E-state index contributed by atoms with van der Waals surface area (Å²) in [6.07, 6.45) is 1.35. The summed E-state index contributed by atoms with van der Waals surface area (Å²) in [4.78, 5) is 44.2. The number of amides is 3. The molecule has 2 aliphatic rings. The second-order valence-corrected chi connectivity index (χ2v) is 8.49. The van der Waals surface area contributed by atoms with Gasteiger partial charge in [-0.2, -0.15) is 0 Å². The van der Waals surface area contributed by atoms with Crippen LogP contribution < -0.4 is 5.32 Å². The van der Waals surface area contributed by atoms with Gasteiger partial charge in [0.2, 0.25) is 5.91 Å². The third-order valence-electron chi connectivity index (χ3n) is 6.24. The van der Waals surface area contributed by atoms with E-state index in [1.54, 1.807) is 11.8 Å². The second-order valence-electron chi connectivity index (χ2n) is 8.49. The third-order valence-corrected chi connectivity index (χ3v) is 6.24. The summed E-state index contributed by atoms with van der Waals surface area (Å²) in [5, 5.41) is 3.02. The average molecular weight is 457 g/mol. The minimum absolute atomic E-state index is 0.162. The number of ether oxygens (including phenoxy) is 1. The van der Waals surface area contributed by atoms with Crippen molar-refractivity contribution in [2.24, 2.45) is 0 Å². The highest BCUT2D eigenvalue weighted by Gasteiger charge is 2.38. The van der Waals surface area contributed by atoms with Gasteiger partial charge >= 0.3 is 12.0 Å². The zero-order valence-electron chi connectivity index (χ0n) is 20.2. The van der Waals surface area contributed by atoms with E-state index in [1.807, 2.05) is 49.9 Å². The van der Waals surface area contributed by atoms with E-state index >= 15 is 0 Å². The van der Waals surface area contributed by atoms with E-state index in [1.165, 1.54) is 0 Å². The Morgan fingerprint density at radius 1 is 1.12 bits per heavy atom. The Hall–Kier alpha value is -2.87. The Labute approximate surface area is 196 Å². The van der Waals surface area contributed by atoms with Crippen LogP contribution in [-0.4, -0.2) is 78.5 Å². The molecule has 2 aliphatic heterocycles. The number of esters is 1. The van der Waals surface area contributed by atoms with Gasteiger partial charge in [-0.1, -0.05) is 36.8 Å². The van der Waals surface area contributed by atoms with Crippen molar-refractivity contribution >= 4 is 17.9 Å². The van der Waals surface area contributed by atoms with Crippen LogP contribution in [0.3, 0.4) is 0 Å². The van der Waals surface area contributed by atoms with Gasteiger partial charge in [0.25, 0.3) is 0 Å². The van der Waals surface area contributed by atoms with Crippen molar-refractivity contribution in [1.29, 1.82) is 0 Å². The molecule has 1 fully saturated rings. The number of rotatable bonds is 7. The maximum Gasteiger partial charge on any atom is 0.338 e. The van der Waals surface area contributed by atoms with Crippen molar-refractivity contribution in [3.63, 3.8) is 0 Å². The van der Waals surface area contributed by atoms with E-state index in [9.17, 15) is 14.4 Å². The number of urea groups is 1. The molecule has 1 unspecified atom stereocenters. The molecule has 1 N–H and O–H groups in total. The fraction of sp³-hybridized carbons (Fsp3) is 0.560. The fourth-order valence-electron chi connectivity index (χ4n) is 4.57. The van der Waals surface area contributed by atoms with Gasteiger partial charge in [-0.05, 0) is 32.8 Å². The molecule has 1 aromatic rings. The van der Waals surface area contributed by atoms with Crippen LogP contribution in [-0.2, 0) is 14.3 Å². The van der Waals surface area contributed by atoms with Gasteiger partial charge in [0.05, 0.1) is 18.2 Å². The van der Waals surface area contributed by atoms with Crippen LogP contribution in [0.25, 0.3) is 0 Å². The molecule has 33 heavy (non-hydrogen) atoms. The van der Waals surface area contributed by atoms with Crippen molar-refractivity contribution in [1.82, 2.24) is 20.0 Å². The van der Waals surface area contributed by atoms with Crippen LogP contribution in [0.15, 0.2) is 35.5 Å². The number of aryl methyl sites for hydroxylation is 1. The predicted octanol–water partition coefficient (Wildman–Crippen LogP) is 2.84. The van der Waals surface area contributed by atoms with E-state index < -0.39 is 12.0 Å². The summed E-state index contributed by atoms with van der Waals surface area (Å²) >= 11 is 0. The number of hydrogen-bond donors (Lipinski definition) is 1. The number of nitrogens with one attached hydrogen (secondary N) is 1. The van der Waals surface area contributed by atoms with E-state index in [0.717, 1.165) is 30.6 Å². The summed E-state index contributed by atoms with van der Waals surface area (Å²) in [6.45, 7) is 11.6. The highest BCUT2D eigenvalue weighted by molar-refractivity contribution is 5.95. The molecule has 2 heterocycles. The monoisotopic (exact) mass is 456 g/mol. The molecule has 0 spiro atoms. The standard InChI is InChI=1S/C25H36N4O4/c1-5-21(30)28-13-9-12-27(14-15-28)17-20-22(24(31)33-7-3)23(26-25(32)29(20)6-2)19-11-8-10-18(4)16-19/h8,10-11,16,23H,5-7,9,12-15,17H2,1-4H3,(H,26,32). The molecule has 3 rings (SSSR count). The molecule has 3 amide bonds. The Balaban J connectivity index is 1.99. The van der Waals surface area contributed by atoms with Crippen molar-refractivity contribution < 1.29 is 19.1 Å². The lowest BCUT2D eigenvalue weighted by Gasteiger charge is -2.38. The minimum Gasteiger partial charge on any atom is -0.463 e. The summed E-state index contributed by atoms with van der Waals surface area (Å²) in [5.41, 5.74) is 3.07. The molecule has 1 saturated heterocycles. The van der Waals surface area contributed by atoms with Gasteiger partial charge in [0, 0.05) is 51.4 Å². The van der Waals surface area contributed by atoms with Gasteiger partial charge in [0.15, 0.2) is 0 Å². The van der Waals surface area contributed by atoms with Crippen LogP contribution in [0.4, 0.5) is 4.79 Å². The summed E-state index contributed by atoms with van der Waals surface area (Å²) in [6, 6.07) is 7.05. The maximum atomic E-state index is 13.2. The van der Waals surface area contributed by atoms with Gasteiger partial charge < -0.3 is 15.0 Å². The largest absolute Gasteiger partial charge is 0.463 e. The summed E-state index contributed by atoms with van der Waals surface area (Å²) < 4.78 is 5.45. The first-order valence-electron chi connectivity index (χ1n) is 11.9. The van der Waals surface area contributed by atoms with E-state index in [4.69, 9.17) is 4.74 Å². The molecule has 8 heteroatoms. The van der Waals surface area contributed by atoms with Crippen LogP contribution in [0.5, 0.6) is 0 Å².